The first kappa shape index (κ1) is 18.2. The number of nitrogens with zero attached hydrogens (tertiary/aromatic N) is 2. The Kier molecular flexibility index (Phi) is 4.63. The second-order valence-electron chi connectivity index (χ2n) is 6.45. The van der Waals surface area contributed by atoms with E-state index in [9.17, 15) is 19.7 Å². The van der Waals surface area contributed by atoms with Crippen LogP contribution in [0.3, 0.4) is 0 Å². The number of anilines is 1. The van der Waals surface area contributed by atoms with Gasteiger partial charge in [-0.2, -0.15) is 0 Å². The highest BCUT2D eigenvalue weighted by molar-refractivity contribution is 7.16. The standard InChI is InChI=1S/C18H18N4O5S/c1-2-27-18(24)21-8-7-11-13(9-21)28-17-14(11)16(23)19-15(20-17)10-5-3-4-6-12(10)22(25)26/h3-6,15,20H,2,7-9H2,1H3,(H,19,23). The molecule has 2 aliphatic heterocycles. The van der Waals surface area contributed by atoms with Crippen LogP contribution in [0.5, 0.6) is 0 Å². The molecular formula is C18H18N4O5S. The van der Waals surface area contributed by atoms with Gasteiger partial charge >= 0.3 is 6.09 Å². The van der Waals surface area contributed by atoms with Crippen LogP contribution in [-0.4, -0.2) is 35.0 Å². The molecule has 1 atom stereocenters. The molecule has 0 aliphatic carbocycles. The Labute approximate surface area is 164 Å². The molecule has 2 N–H and O–H groups in total. The average Bonchev–Trinajstić information content (AvgIpc) is 3.06. The number of thiophene rings is 1. The largest absolute Gasteiger partial charge is 0.450 e. The first-order chi connectivity index (χ1) is 13.5. The monoisotopic (exact) mass is 402 g/mol. The number of nitrogens with one attached hydrogen (secondary N) is 2. The van der Waals surface area contributed by atoms with E-state index in [1.54, 1.807) is 30.0 Å². The van der Waals surface area contributed by atoms with E-state index in [-0.39, 0.29) is 17.7 Å². The van der Waals surface area contributed by atoms with E-state index >= 15 is 0 Å². The van der Waals surface area contributed by atoms with Crippen molar-refractivity contribution >= 4 is 34.0 Å². The minimum atomic E-state index is -0.692. The third kappa shape index (κ3) is 3.05. The second-order valence-corrected chi connectivity index (χ2v) is 7.55. The van der Waals surface area contributed by atoms with Gasteiger partial charge in [0.1, 0.15) is 11.2 Å². The third-order valence-electron chi connectivity index (χ3n) is 4.81. The van der Waals surface area contributed by atoms with Gasteiger partial charge in [0.2, 0.25) is 0 Å². The van der Waals surface area contributed by atoms with Crippen molar-refractivity contribution in [1.29, 1.82) is 0 Å². The number of benzene rings is 1. The zero-order chi connectivity index (χ0) is 19.8. The summed E-state index contributed by atoms with van der Waals surface area (Å²) in [6.07, 6.45) is -0.497. The summed E-state index contributed by atoms with van der Waals surface area (Å²) in [5.74, 6) is -0.265. The number of ether oxygens (including phenoxy) is 1. The van der Waals surface area contributed by atoms with E-state index in [1.165, 1.54) is 17.4 Å². The first-order valence-corrected chi connectivity index (χ1v) is 9.68. The number of carbonyl (C=O) groups is 2. The lowest BCUT2D eigenvalue weighted by Crippen LogP contribution is -2.39. The normalized spacial score (nSPS) is 17.8. The van der Waals surface area contributed by atoms with Crippen molar-refractivity contribution in [2.24, 2.45) is 0 Å². The van der Waals surface area contributed by atoms with Gasteiger partial charge in [-0.25, -0.2) is 4.79 Å². The van der Waals surface area contributed by atoms with Crippen molar-refractivity contribution in [3.63, 3.8) is 0 Å². The summed E-state index contributed by atoms with van der Waals surface area (Å²) in [6.45, 7) is 2.94. The quantitative estimate of drug-likeness (QED) is 0.603. The van der Waals surface area contributed by atoms with Gasteiger partial charge in [0, 0.05) is 17.5 Å². The zero-order valence-electron chi connectivity index (χ0n) is 15.1. The van der Waals surface area contributed by atoms with E-state index in [2.05, 4.69) is 10.6 Å². The maximum atomic E-state index is 12.8. The van der Waals surface area contributed by atoms with Crippen molar-refractivity contribution in [2.75, 3.05) is 18.5 Å². The molecule has 9 nitrogen and oxygen atoms in total. The van der Waals surface area contributed by atoms with Crippen LogP contribution in [0, 0.1) is 10.1 Å². The molecule has 146 valence electrons. The summed E-state index contributed by atoms with van der Waals surface area (Å²) >= 11 is 1.40. The summed E-state index contributed by atoms with van der Waals surface area (Å²) in [5.41, 5.74) is 1.83. The van der Waals surface area contributed by atoms with Crippen LogP contribution in [0.2, 0.25) is 0 Å². The van der Waals surface area contributed by atoms with Crippen molar-refractivity contribution < 1.29 is 19.2 Å². The number of hydrogen-bond donors (Lipinski definition) is 2. The molecule has 1 aromatic heterocycles. The van der Waals surface area contributed by atoms with E-state index in [4.69, 9.17) is 4.74 Å². The lowest BCUT2D eigenvalue weighted by atomic mass is 10.00. The van der Waals surface area contributed by atoms with Crippen LogP contribution in [0.4, 0.5) is 15.5 Å². The Balaban J connectivity index is 1.64. The summed E-state index contributed by atoms with van der Waals surface area (Å²) < 4.78 is 5.06. The molecule has 28 heavy (non-hydrogen) atoms. The number of carbonyl (C=O) groups excluding carboxylic acids is 2. The van der Waals surface area contributed by atoms with Crippen molar-refractivity contribution in [3.8, 4) is 0 Å². The lowest BCUT2D eigenvalue weighted by molar-refractivity contribution is -0.385. The minimum absolute atomic E-state index is 0.0569. The second kappa shape index (κ2) is 7.12. The smallest absolute Gasteiger partial charge is 0.410 e. The van der Waals surface area contributed by atoms with E-state index in [0.29, 0.717) is 42.2 Å². The fraction of sp³-hybridized carbons (Fsp3) is 0.333. The number of rotatable bonds is 3. The first-order valence-electron chi connectivity index (χ1n) is 8.86. The molecule has 4 rings (SSSR count). The summed E-state index contributed by atoms with van der Waals surface area (Å²) in [7, 11) is 0. The molecule has 2 amide bonds. The number of hydrogen-bond acceptors (Lipinski definition) is 7. The van der Waals surface area contributed by atoms with Crippen LogP contribution < -0.4 is 10.6 Å². The predicted molar refractivity (Wildman–Crippen MR) is 102 cm³/mol. The van der Waals surface area contributed by atoms with Gasteiger partial charge < -0.3 is 20.3 Å². The lowest BCUT2D eigenvalue weighted by Gasteiger charge is -2.28. The number of fused-ring (bicyclic) bond motifs is 3. The molecule has 0 saturated heterocycles. The van der Waals surface area contributed by atoms with Gasteiger partial charge in [-0.15, -0.1) is 11.3 Å². The number of para-hydroxylation sites is 1. The molecule has 0 spiro atoms. The Bertz CT molecular complexity index is 973. The molecule has 3 heterocycles. The molecule has 2 aromatic rings. The van der Waals surface area contributed by atoms with Gasteiger partial charge in [0.05, 0.1) is 29.2 Å². The molecule has 1 unspecified atom stereocenters. The van der Waals surface area contributed by atoms with Crippen molar-refractivity contribution in [3.05, 3.63) is 55.9 Å². The number of nitro groups is 1. The van der Waals surface area contributed by atoms with Crippen molar-refractivity contribution in [1.82, 2.24) is 10.2 Å². The molecule has 10 heteroatoms. The summed E-state index contributed by atoms with van der Waals surface area (Å²) in [5, 5.41) is 18.0. The maximum Gasteiger partial charge on any atom is 0.410 e. The highest BCUT2D eigenvalue weighted by atomic mass is 32.1. The third-order valence-corrected chi connectivity index (χ3v) is 5.95. The Hall–Kier alpha value is -3.14. The summed E-state index contributed by atoms with van der Waals surface area (Å²) in [6, 6.07) is 6.32. The number of amides is 2. The highest BCUT2D eigenvalue weighted by Crippen LogP contribution is 2.41. The molecule has 0 radical (unpaired) electrons. The van der Waals surface area contributed by atoms with E-state index in [0.717, 1.165) is 10.4 Å². The molecule has 0 bridgehead atoms. The van der Waals surface area contributed by atoms with Crippen LogP contribution in [0.25, 0.3) is 0 Å². The fourth-order valence-electron chi connectivity index (χ4n) is 3.54. The Morgan fingerprint density at radius 3 is 2.93 bits per heavy atom. The zero-order valence-corrected chi connectivity index (χ0v) is 15.9. The molecule has 2 aliphatic rings. The van der Waals surface area contributed by atoms with Gasteiger partial charge in [-0.1, -0.05) is 12.1 Å². The minimum Gasteiger partial charge on any atom is -0.450 e. The summed E-state index contributed by atoms with van der Waals surface area (Å²) in [4.78, 5) is 38.2. The average molecular weight is 402 g/mol. The highest BCUT2D eigenvalue weighted by Gasteiger charge is 2.36. The van der Waals surface area contributed by atoms with Crippen LogP contribution in [-0.2, 0) is 17.7 Å². The SMILES string of the molecule is CCOC(=O)N1CCc2c(sc3c2C(=O)NC(c2ccccc2[N+](=O)[O-])N3)C1. The van der Waals surface area contributed by atoms with Crippen LogP contribution in [0.15, 0.2) is 24.3 Å². The molecule has 0 fully saturated rings. The fourth-order valence-corrected chi connectivity index (χ4v) is 4.83. The van der Waals surface area contributed by atoms with Crippen molar-refractivity contribution in [2.45, 2.75) is 26.1 Å². The van der Waals surface area contributed by atoms with Gasteiger partial charge in [-0.05, 0) is 25.0 Å². The van der Waals surface area contributed by atoms with Gasteiger partial charge in [0.15, 0.2) is 0 Å². The van der Waals surface area contributed by atoms with Gasteiger partial charge in [-0.3, -0.25) is 14.9 Å². The predicted octanol–water partition coefficient (Wildman–Crippen LogP) is 3.03. The van der Waals surface area contributed by atoms with Crippen LogP contribution >= 0.6 is 11.3 Å². The van der Waals surface area contributed by atoms with E-state index in [1.807, 2.05) is 0 Å². The van der Waals surface area contributed by atoms with Gasteiger partial charge in [0.25, 0.3) is 11.6 Å². The topological polar surface area (TPSA) is 114 Å². The number of nitro benzene ring substituents is 1. The molecular weight excluding hydrogens is 384 g/mol. The Morgan fingerprint density at radius 1 is 1.39 bits per heavy atom. The molecule has 0 saturated carbocycles. The maximum absolute atomic E-state index is 12.8. The Morgan fingerprint density at radius 2 is 2.18 bits per heavy atom. The van der Waals surface area contributed by atoms with Crippen LogP contribution in [0.1, 0.15) is 39.5 Å². The van der Waals surface area contributed by atoms with E-state index < -0.39 is 11.1 Å². The molecule has 1 aromatic carbocycles.